The maximum atomic E-state index is 13.0. The molecule has 0 spiro atoms. The van der Waals surface area contributed by atoms with Gasteiger partial charge in [-0.15, -0.1) is 0 Å². The molecule has 1 aliphatic heterocycles. The maximum absolute atomic E-state index is 13.0. The molecule has 132 valence electrons. The monoisotopic (exact) mass is 343 g/mol. The quantitative estimate of drug-likeness (QED) is 0.924. The summed E-state index contributed by atoms with van der Waals surface area (Å²) in [6, 6.07) is 9.38. The first kappa shape index (κ1) is 17.5. The summed E-state index contributed by atoms with van der Waals surface area (Å²) in [6.07, 6.45) is 3.43. The van der Waals surface area contributed by atoms with Crippen molar-refractivity contribution in [3.8, 4) is 0 Å². The summed E-state index contributed by atoms with van der Waals surface area (Å²) in [4.78, 5) is 20.5. The highest BCUT2D eigenvalue weighted by atomic mass is 19.1. The molecule has 1 aromatic heterocycles. The molecule has 1 amide bonds. The van der Waals surface area contributed by atoms with E-state index >= 15 is 0 Å². The Bertz CT molecular complexity index is 694. The van der Waals surface area contributed by atoms with Crippen molar-refractivity contribution in [2.24, 2.45) is 0 Å². The topological polar surface area (TPSA) is 56.7 Å². The van der Waals surface area contributed by atoms with Crippen LogP contribution in [0.25, 0.3) is 0 Å². The van der Waals surface area contributed by atoms with E-state index in [-0.39, 0.29) is 11.7 Å². The normalized spacial score (nSPS) is 17.1. The molecule has 1 aliphatic rings. The van der Waals surface area contributed by atoms with Crippen molar-refractivity contribution in [2.75, 3.05) is 32.7 Å². The fraction of sp³-hybridized carbons (Fsp3) is 0.368. The molecule has 25 heavy (non-hydrogen) atoms. The SMILES string of the molecule is O=C(c1ccncc1)N1CCCN(CC(O)c2ccc(F)cc2)CC1. The van der Waals surface area contributed by atoms with E-state index in [9.17, 15) is 14.3 Å². The minimum absolute atomic E-state index is 0.0170. The van der Waals surface area contributed by atoms with Gasteiger partial charge < -0.3 is 10.0 Å². The Kier molecular flexibility index (Phi) is 5.73. The van der Waals surface area contributed by atoms with Crippen molar-refractivity contribution < 1.29 is 14.3 Å². The van der Waals surface area contributed by atoms with Crippen molar-refractivity contribution in [2.45, 2.75) is 12.5 Å². The number of hydrogen-bond acceptors (Lipinski definition) is 4. The number of β-amino-alcohol motifs (C(OH)–C–C–N with tert-alkyl or cyclic N) is 1. The smallest absolute Gasteiger partial charge is 0.254 e. The number of aromatic nitrogens is 1. The second-order valence-electron chi connectivity index (χ2n) is 6.25. The number of hydrogen-bond donors (Lipinski definition) is 1. The Labute approximate surface area is 146 Å². The van der Waals surface area contributed by atoms with Gasteiger partial charge in [0, 0.05) is 50.7 Å². The molecular formula is C19H22FN3O2. The average molecular weight is 343 g/mol. The van der Waals surface area contributed by atoms with Crippen LogP contribution in [-0.2, 0) is 0 Å². The molecular weight excluding hydrogens is 321 g/mol. The van der Waals surface area contributed by atoms with Gasteiger partial charge in [-0.2, -0.15) is 0 Å². The number of pyridine rings is 1. The van der Waals surface area contributed by atoms with Crippen LogP contribution in [-0.4, -0.2) is 58.5 Å². The Morgan fingerprint density at radius 2 is 1.80 bits per heavy atom. The minimum atomic E-state index is -0.664. The Morgan fingerprint density at radius 1 is 1.08 bits per heavy atom. The summed E-state index contributed by atoms with van der Waals surface area (Å²) >= 11 is 0. The van der Waals surface area contributed by atoms with Crippen molar-refractivity contribution in [3.63, 3.8) is 0 Å². The molecule has 3 rings (SSSR count). The molecule has 0 saturated carbocycles. The van der Waals surface area contributed by atoms with Crippen molar-refractivity contribution in [1.82, 2.24) is 14.8 Å². The third kappa shape index (κ3) is 4.61. The minimum Gasteiger partial charge on any atom is -0.387 e. The molecule has 1 atom stereocenters. The van der Waals surface area contributed by atoms with Crippen LogP contribution >= 0.6 is 0 Å². The summed E-state index contributed by atoms with van der Waals surface area (Å²) in [5.74, 6) is -0.292. The molecule has 6 heteroatoms. The molecule has 2 heterocycles. The van der Waals surface area contributed by atoms with Crippen molar-refractivity contribution >= 4 is 5.91 Å². The van der Waals surface area contributed by atoms with Crippen molar-refractivity contribution in [3.05, 3.63) is 65.7 Å². The number of halogens is 1. The van der Waals surface area contributed by atoms with E-state index in [0.29, 0.717) is 37.3 Å². The van der Waals surface area contributed by atoms with Gasteiger partial charge in [-0.3, -0.25) is 14.7 Å². The Balaban J connectivity index is 1.56. The molecule has 5 nitrogen and oxygen atoms in total. The fourth-order valence-corrected chi connectivity index (χ4v) is 3.07. The van der Waals surface area contributed by atoms with Gasteiger partial charge in [-0.25, -0.2) is 4.39 Å². The highest BCUT2D eigenvalue weighted by Crippen LogP contribution is 2.16. The van der Waals surface area contributed by atoms with Crippen LogP contribution in [0, 0.1) is 5.82 Å². The highest BCUT2D eigenvalue weighted by Gasteiger charge is 2.22. The molecule has 0 aliphatic carbocycles. The second-order valence-corrected chi connectivity index (χ2v) is 6.25. The number of rotatable bonds is 4. The van der Waals surface area contributed by atoms with Gasteiger partial charge in [0.1, 0.15) is 5.82 Å². The zero-order chi connectivity index (χ0) is 17.6. The number of carbonyl (C=O) groups excluding carboxylic acids is 1. The van der Waals surface area contributed by atoms with Crippen LogP contribution in [0.4, 0.5) is 4.39 Å². The summed E-state index contributed by atoms with van der Waals surface area (Å²) < 4.78 is 13.0. The lowest BCUT2D eigenvalue weighted by Crippen LogP contribution is -2.36. The van der Waals surface area contributed by atoms with Gasteiger partial charge in [-0.1, -0.05) is 12.1 Å². The van der Waals surface area contributed by atoms with Crippen LogP contribution in [0.5, 0.6) is 0 Å². The maximum Gasteiger partial charge on any atom is 0.254 e. The molecule has 2 aromatic rings. The summed E-state index contributed by atoms with van der Waals surface area (Å²) in [6.45, 7) is 3.32. The Morgan fingerprint density at radius 3 is 2.52 bits per heavy atom. The number of aliphatic hydroxyl groups is 1. The van der Waals surface area contributed by atoms with Gasteiger partial charge in [-0.05, 0) is 36.2 Å². The highest BCUT2D eigenvalue weighted by molar-refractivity contribution is 5.94. The number of aliphatic hydroxyl groups excluding tert-OH is 1. The predicted octanol–water partition coefficient (Wildman–Crippen LogP) is 2.10. The van der Waals surface area contributed by atoms with Crippen LogP contribution in [0.3, 0.4) is 0 Å². The van der Waals surface area contributed by atoms with Gasteiger partial charge in [0.05, 0.1) is 6.10 Å². The summed E-state index contributed by atoms with van der Waals surface area (Å²) in [5, 5.41) is 10.4. The van der Waals surface area contributed by atoms with Gasteiger partial charge in [0.2, 0.25) is 0 Å². The van der Waals surface area contributed by atoms with Crippen LogP contribution in [0.15, 0.2) is 48.8 Å². The summed E-state index contributed by atoms with van der Waals surface area (Å²) in [7, 11) is 0. The van der Waals surface area contributed by atoms with E-state index in [2.05, 4.69) is 9.88 Å². The third-order valence-corrected chi connectivity index (χ3v) is 4.49. The van der Waals surface area contributed by atoms with E-state index in [1.165, 1.54) is 12.1 Å². The van der Waals surface area contributed by atoms with Gasteiger partial charge >= 0.3 is 0 Å². The van der Waals surface area contributed by atoms with Crippen LogP contribution in [0.1, 0.15) is 28.4 Å². The van der Waals surface area contributed by atoms with E-state index in [4.69, 9.17) is 0 Å². The molecule has 1 N–H and O–H groups in total. The third-order valence-electron chi connectivity index (χ3n) is 4.49. The van der Waals surface area contributed by atoms with Gasteiger partial charge in [0.25, 0.3) is 5.91 Å². The fourth-order valence-electron chi connectivity index (χ4n) is 3.07. The molecule has 0 bridgehead atoms. The van der Waals surface area contributed by atoms with E-state index in [0.717, 1.165) is 13.0 Å². The second kappa shape index (κ2) is 8.18. The van der Waals surface area contributed by atoms with E-state index < -0.39 is 6.10 Å². The molecule has 1 aromatic carbocycles. The van der Waals surface area contributed by atoms with E-state index in [1.807, 2.05) is 4.90 Å². The van der Waals surface area contributed by atoms with Crippen molar-refractivity contribution in [1.29, 1.82) is 0 Å². The van der Waals surface area contributed by atoms with Crippen LogP contribution in [0.2, 0.25) is 0 Å². The molecule has 1 unspecified atom stereocenters. The lowest BCUT2D eigenvalue weighted by atomic mass is 10.1. The first-order valence-electron chi connectivity index (χ1n) is 8.48. The molecule has 1 fully saturated rings. The van der Waals surface area contributed by atoms with Crippen LogP contribution < -0.4 is 0 Å². The van der Waals surface area contributed by atoms with E-state index in [1.54, 1.807) is 36.7 Å². The first-order chi connectivity index (χ1) is 12.1. The van der Waals surface area contributed by atoms with Gasteiger partial charge in [0.15, 0.2) is 0 Å². The molecule has 0 radical (unpaired) electrons. The average Bonchev–Trinajstić information content (AvgIpc) is 2.88. The zero-order valence-electron chi connectivity index (χ0n) is 14.0. The molecule has 1 saturated heterocycles. The number of carbonyl (C=O) groups is 1. The largest absolute Gasteiger partial charge is 0.387 e. The first-order valence-corrected chi connectivity index (χ1v) is 8.48. The standard InChI is InChI=1S/C19H22FN3O2/c20-17-4-2-15(3-5-17)18(24)14-22-10-1-11-23(13-12-22)19(25)16-6-8-21-9-7-16/h2-9,18,24H,1,10-14H2. The predicted molar refractivity (Wildman–Crippen MR) is 92.6 cm³/mol. The number of nitrogens with zero attached hydrogens (tertiary/aromatic N) is 3. The lowest BCUT2D eigenvalue weighted by Gasteiger charge is -2.24. The zero-order valence-corrected chi connectivity index (χ0v) is 14.0. The lowest BCUT2D eigenvalue weighted by molar-refractivity contribution is 0.0754. The Hall–Kier alpha value is -2.31. The summed E-state index contributed by atoms with van der Waals surface area (Å²) in [5.41, 5.74) is 1.35. The number of benzene rings is 1. The number of amides is 1.